The van der Waals surface area contributed by atoms with E-state index in [9.17, 15) is 0 Å². The monoisotopic (exact) mass is 481 g/mol. The molecule has 0 saturated heterocycles. The van der Waals surface area contributed by atoms with Crippen LogP contribution >= 0.6 is 0 Å². The van der Waals surface area contributed by atoms with Crippen LogP contribution in [0.25, 0.3) is 0 Å². The van der Waals surface area contributed by atoms with Gasteiger partial charge in [-0.05, 0) is 17.8 Å². The molecule has 24 heavy (non-hydrogen) atoms. The molecule has 3 N–H and O–H groups in total. The Morgan fingerprint density at radius 3 is 1.00 bits per heavy atom. The molecule has 0 amide bonds. The first-order chi connectivity index (χ1) is 10.6. The Balaban J connectivity index is -0.000000113. The van der Waals surface area contributed by atoms with Gasteiger partial charge < -0.3 is 15.3 Å². The van der Waals surface area contributed by atoms with Gasteiger partial charge in [0.2, 0.25) is 0 Å². The van der Waals surface area contributed by atoms with E-state index in [1.807, 2.05) is 41.5 Å². The summed E-state index contributed by atoms with van der Waals surface area (Å²) < 4.78 is 1.62. The first-order valence-corrected chi connectivity index (χ1v) is 14.7. The van der Waals surface area contributed by atoms with Gasteiger partial charge in [-0.3, -0.25) is 0 Å². The smallest absolute Gasteiger partial charge is 0 e. The zero-order valence-electron chi connectivity index (χ0n) is 17.1. The fourth-order valence-electron chi connectivity index (χ4n) is 0.774. The van der Waals surface area contributed by atoms with Crippen LogP contribution in [0.15, 0.2) is 24.3 Å². The molecule has 0 aliphatic heterocycles. The van der Waals surface area contributed by atoms with Crippen LogP contribution in [0.4, 0.5) is 0 Å². The van der Waals surface area contributed by atoms with E-state index in [1.165, 1.54) is 0 Å². The van der Waals surface area contributed by atoms with Crippen molar-refractivity contribution in [3.05, 3.63) is 24.3 Å². The van der Waals surface area contributed by atoms with Crippen LogP contribution < -0.4 is 4.40 Å². The van der Waals surface area contributed by atoms with E-state index in [2.05, 4.69) is 35.8 Å². The Labute approximate surface area is 174 Å². The van der Waals surface area contributed by atoms with E-state index in [-0.39, 0.29) is 26.2 Å². The Bertz CT molecular complexity index is 281. The van der Waals surface area contributed by atoms with E-state index in [0.29, 0.717) is 37.6 Å². The van der Waals surface area contributed by atoms with Gasteiger partial charge in [-0.25, -0.2) is 0 Å². The van der Waals surface area contributed by atoms with Crippen LogP contribution in [0.5, 0.6) is 0 Å². The molecule has 1 aromatic carbocycles. The summed E-state index contributed by atoms with van der Waals surface area (Å²) in [5, 5.41) is 24.4. The van der Waals surface area contributed by atoms with Gasteiger partial charge in [0.05, 0.1) is 0 Å². The first-order valence-electron chi connectivity index (χ1n) is 8.66. The molecule has 0 aliphatic carbocycles. The average Bonchev–Trinajstić information content (AvgIpc) is 3.03. The van der Waals surface area contributed by atoms with Crippen LogP contribution in [-0.2, 0) is 26.2 Å². The van der Waals surface area contributed by atoms with Crippen molar-refractivity contribution < 1.29 is 41.5 Å². The summed E-state index contributed by atoms with van der Waals surface area (Å²) in [5.41, 5.74) is 0. The van der Waals surface area contributed by atoms with Gasteiger partial charge >= 0.3 is 54.5 Å². The van der Waals surface area contributed by atoms with Crippen molar-refractivity contribution in [2.24, 2.45) is 17.8 Å². The van der Waals surface area contributed by atoms with Crippen molar-refractivity contribution in [3.63, 3.8) is 0 Å². The topological polar surface area (TPSA) is 60.7 Å². The number of hydrogen-bond acceptors (Lipinski definition) is 3. The minimum absolute atomic E-state index is 0. The van der Waals surface area contributed by atoms with Crippen molar-refractivity contribution in [1.29, 1.82) is 0 Å². The van der Waals surface area contributed by atoms with Crippen LogP contribution in [0.2, 0.25) is 11.5 Å². The summed E-state index contributed by atoms with van der Waals surface area (Å²) in [6.07, 6.45) is 0. The summed E-state index contributed by atoms with van der Waals surface area (Å²) in [7, 11) is 0. The molecule has 1 rings (SSSR count). The van der Waals surface area contributed by atoms with Gasteiger partial charge in [-0.2, -0.15) is 0 Å². The summed E-state index contributed by atoms with van der Waals surface area (Å²) >= 11 is -0.888. The van der Waals surface area contributed by atoms with Crippen molar-refractivity contribution in [2.75, 3.05) is 19.8 Å². The molecule has 0 aliphatic rings. The predicted octanol–water partition coefficient (Wildman–Crippen LogP) is 3.00. The van der Waals surface area contributed by atoms with E-state index in [4.69, 9.17) is 15.3 Å². The molecule has 0 fully saturated rings. The fraction of sp³-hybridized carbons (Fsp3) is 0.737. The zero-order chi connectivity index (χ0) is 18.8. The second-order valence-electron chi connectivity index (χ2n) is 7.10. The molecule has 0 atom stereocenters. The summed E-state index contributed by atoms with van der Waals surface area (Å²) in [6, 6.07) is 8.73. The third-order valence-electron chi connectivity index (χ3n) is 2.45. The molecule has 5 heteroatoms. The molecule has 1 aromatic rings. The standard InChI is InChI=1S/C7H11Ge.3C4H10O.Zr/c1-8(2)7-5-3-4-6-7;3*1-4(2)3-5;/h3-6,8H,1-2H3;3*4-5H,3H2,1-2H3;/q-1;;;;. The molecule has 0 aromatic heterocycles. The number of hydrogen-bond donors (Lipinski definition) is 3. The van der Waals surface area contributed by atoms with Crippen molar-refractivity contribution >= 4 is 18.7 Å². The summed E-state index contributed by atoms with van der Waals surface area (Å²) in [5.74, 6) is 6.10. The van der Waals surface area contributed by atoms with Gasteiger partial charge in [0, 0.05) is 46.0 Å². The Morgan fingerprint density at radius 1 is 0.708 bits per heavy atom. The average molecular weight is 481 g/mol. The number of rotatable bonds is 4. The molecule has 0 saturated carbocycles. The second-order valence-corrected chi connectivity index (χ2v) is 13.3. The van der Waals surface area contributed by atoms with E-state index >= 15 is 0 Å². The quantitative estimate of drug-likeness (QED) is 0.458. The van der Waals surface area contributed by atoms with E-state index in [0.717, 1.165) is 0 Å². The summed E-state index contributed by atoms with van der Waals surface area (Å²) in [6.45, 7) is 12.7. The third-order valence-corrected chi connectivity index (χ3v) is 6.06. The minimum atomic E-state index is -0.888. The maximum Gasteiger partial charge on any atom is 0 e. The molecular formula is C19H41GeO3Zr-. The van der Waals surface area contributed by atoms with Crippen molar-refractivity contribution in [2.45, 2.75) is 53.1 Å². The van der Waals surface area contributed by atoms with Crippen LogP contribution in [0.3, 0.4) is 0 Å². The Kier molecular flexibility index (Phi) is 31.9. The summed E-state index contributed by atoms with van der Waals surface area (Å²) in [4.78, 5) is 0. The second kappa shape index (κ2) is 23.7. The van der Waals surface area contributed by atoms with Gasteiger partial charge in [0.15, 0.2) is 0 Å². The largest absolute Gasteiger partial charge is 0 e. The first kappa shape index (κ1) is 32.3. The van der Waals surface area contributed by atoms with Crippen LogP contribution in [0.1, 0.15) is 41.5 Å². The number of aliphatic hydroxyl groups excluding tert-OH is 3. The molecule has 0 radical (unpaired) electrons. The van der Waals surface area contributed by atoms with Gasteiger partial charge in [-0.1, -0.05) is 41.5 Å². The number of aliphatic hydroxyl groups is 3. The maximum absolute atomic E-state index is 8.14. The zero-order valence-corrected chi connectivity index (χ0v) is 22.0. The molecule has 0 unspecified atom stereocenters. The maximum atomic E-state index is 8.14. The predicted molar refractivity (Wildman–Crippen MR) is 106 cm³/mol. The Morgan fingerprint density at radius 2 is 0.917 bits per heavy atom. The Hall–Kier alpha value is 0.656. The van der Waals surface area contributed by atoms with Gasteiger partial charge in [0.1, 0.15) is 0 Å². The van der Waals surface area contributed by atoms with E-state index in [1.54, 1.807) is 4.40 Å². The minimum Gasteiger partial charge on any atom is 0 e. The molecule has 0 bridgehead atoms. The van der Waals surface area contributed by atoms with Crippen molar-refractivity contribution in [3.8, 4) is 0 Å². The molecule has 144 valence electrons. The van der Waals surface area contributed by atoms with Gasteiger partial charge in [-0.15, -0.1) is 0 Å². The van der Waals surface area contributed by atoms with Crippen LogP contribution in [0, 0.1) is 17.8 Å². The van der Waals surface area contributed by atoms with Crippen molar-refractivity contribution in [1.82, 2.24) is 0 Å². The molecule has 0 spiro atoms. The molecule has 3 nitrogen and oxygen atoms in total. The molecular weight excluding hydrogens is 440 g/mol. The van der Waals surface area contributed by atoms with Gasteiger partial charge in [0.25, 0.3) is 0 Å². The van der Waals surface area contributed by atoms with E-state index < -0.39 is 14.3 Å². The molecule has 0 heterocycles. The fourth-order valence-corrected chi connectivity index (χ4v) is 2.86. The normalized spacial score (nSPS) is 9.46. The third kappa shape index (κ3) is 34.1. The SMILES string of the molecule is CC(C)CO.CC(C)CO.CC(C)CO.[CH3][GeH]([CH3])[c-]1cccc1.[Zr]. The van der Waals surface area contributed by atoms with Crippen LogP contribution in [-0.4, -0.2) is 49.5 Å².